The van der Waals surface area contributed by atoms with E-state index in [0.717, 1.165) is 12.8 Å². The van der Waals surface area contributed by atoms with Crippen LogP contribution in [0.15, 0.2) is 12.2 Å². The van der Waals surface area contributed by atoms with E-state index in [0.29, 0.717) is 11.8 Å². The Labute approximate surface area is 72.5 Å². The highest BCUT2D eigenvalue weighted by Crippen LogP contribution is 2.48. The van der Waals surface area contributed by atoms with Crippen LogP contribution in [0.25, 0.3) is 0 Å². The zero-order valence-electron chi connectivity index (χ0n) is 7.03. The van der Waals surface area contributed by atoms with E-state index in [2.05, 4.69) is 18.2 Å². The first-order valence-electron chi connectivity index (χ1n) is 4.51. The topological polar surface area (TPSA) is 44.0 Å². The zero-order valence-corrected chi connectivity index (χ0v) is 7.03. The summed E-state index contributed by atoms with van der Waals surface area (Å²) in [5, 5.41) is 18.2. The minimum Gasteiger partial charge on any atom is -0.395 e. The van der Waals surface area contributed by atoms with E-state index >= 15 is 0 Å². The average molecular weight is 163 g/mol. The molecule has 3 atom stereocenters. The summed E-state index contributed by atoms with van der Waals surface area (Å²) < 4.78 is 0. The van der Waals surface area contributed by atoms with Crippen molar-refractivity contribution >= 4 is 0 Å². The number of hydrogen-bond donors (Lipinski definition) is 1. The smallest absolute Gasteiger partial charge is 0.0871 e. The molecule has 3 rings (SSSR count). The summed E-state index contributed by atoms with van der Waals surface area (Å²) in [7, 11) is 0. The van der Waals surface area contributed by atoms with Crippen molar-refractivity contribution in [3.05, 3.63) is 12.2 Å². The highest BCUT2D eigenvalue weighted by molar-refractivity contribution is 5.18. The SMILES string of the molecule is N#C[C@@]1(CO)C[C@H]2C=C[C@@H]1CC2. The fraction of sp³-hybridized carbons (Fsp3) is 0.700. The monoisotopic (exact) mass is 163 g/mol. The molecule has 3 aliphatic carbocycles. The van der Waals surface area contributed by atoms with Gasteiger partial charge in [0.05, 0.1) is 18.1 Å². The third-order valence-electron chi connectivity index (χ3n) is 3.31. The average Bonchev–Trinajstić information content (AvgIpc) is 2.19. The summed E-state index contributed by atoms with van der Waals surface area (Å²) in [6.45, 7) is 0.0228. The molecule has 0 heterocycles. The molecule has 0 unspecified atom stereocenters. The van der Waals surface area contributed by atoms with Gasteiger partial charge in [0.2, 0.25) is 0 Å². The van der Waals surface area contributed by atoms with Gasteiger partial charge in [-0.05, 0) is 31.1 Å². The lowest BCUT2D eigenvalue weighted by atomic mass is 9.60. The van der Waals surface area contributed by atoms with Gasteiger partial charge in [-0.2, -0.15) is 5.26 Å². The number of aliphatic hydroxyl groups excluding tert-OH is 1. The second-order valence-electron chi connectivity index (χ2n) is 3.96. The Balaban J connectivity index is 2.31. The number of fused-ring (bicyclic) bond motifs is 2. The Kier molecular flexibility index (Phi) is 1.69. The molecular formula is C10H13NO. The summed E-state index contributed by atoms with van der Waals surface area (Å²) in [5.74, 6) is 0.847. The first kappa shape index (κ1) is 7.82. The Morgan fingerprint density at radius 2 is 2.33 bits per heavy atom. The number of allylic oxidation sites excluding steroid dienone is 2. The van der Waals surface area contributed by atoms with Crippen LogP contribution in [-0.4, -0.2) is 11.7 Å². The van der Waals surface area contributed by atoms with Crippen LogP contribution >= 0.6 is 0 Å². The quantitative estimate of drug-likeness (QED) is 0.595. The largest absolute Gasteiger partial charge is 0.395 e. The van der Waals surface area contributed by atoms with Gasteiger partial charge in [0.15, 0.2) is 0 Å². The van der Waals surface area contributed by atoms with Gasteiger partial charge in [0, 0.05) is 0 Å². The Bertz CT molecular complexity index is 253. The van der Waals surface area contributed by atoms with Crippen LogP contribution in [-0.2, 0) is 0 Å². The highest BCUT2D eigenvalue weighted by atomic mass is 16.3. The van der Waals surface area contributed by atoms with Crippen LogP contribution < -0.4 is 0 Å². The van der Waals surface area contributed by atoms with Crippen molar-refractivity contribution in [2.45, 2.75) is 19.3 Å². The van der Waals surface area contributed by atoms with E-state index in [1.807, 2.05) is 0 Å². The van der Waals surface area contributed by atoms with Crippen LogP contribution in [0.5, 0.6) is 0 Å². The van der Waals surface area contributed by atoms with Crippen LogP contribution in [0.3, 0.4) is 0 Å². The maximum atomic E-state index is 9.21. The molecule has 2 heteroatoms. The minimum atomic E-state index is -0.447. The van der Waals surface area contributed by atoms with Gasteiger partial charge in [-0.1, -0.05) is 12.2 Å². The molecule has 0 spiro atoms. The Hall–Kier alpha value is -0.810. The van der Waals surface area contributed by atoms with Crippen molar-refractivity contribution in [2.75, 3.05) is 6.61 Å². The lowest BCUT2D eigenvalue weighted by Gasteiger charge is -2.42. The fourth-order valence-electron chi connectivity index (χ4n) is 2.47. The summed E-state index contributed by atoms with van der Waals surface area (Å²) >= 11 is 0. The maximum Gasteiger partial charge on any atom is 0.0871 e. The van der Waals surface area contributed by atoms with Crippen molar-refractivity contribution in [1.29, 1.82) is 5.26 Å². The summed E-state index contributed by atoms with van der Waals surface area (Å²) in [5.41, 5.74) is -0.447. The highest BCUT2D eigenvalue weighted by Gasteiger charge is 2.44. The van der Waals surface area contributed by atoms with Crippen molar-refractivity contribution < 1.29 is 5.11 Å². The van der Waals surface area contributed by atoms with Gasteiger partial charge in [-0.3, -0.25) is 0 Å². The fourth-order valence-corrected chi connectivity index (χ4v) is 2.47. The number of hydrogen-bond acceptors (Lipinski definition) is 2. The molecule has 0 amide bonds. The summed E-state index contributed by atoms with van der Waals surface area (Å²) in [4.78, 5) is 0. The minimum absolute atomic E-state index is 0.0228. The van der Waals surface area contributed by atoms with E-state index in [1.165, 1.54) is 6.42 Å². The van der Waals surface area contributed by atoms with Crippen molar-refractivity contribution in [3.63, 3.8) is 0 Å². The summed E-state index contributed by atoms with van der Waals surface area (Å²) in [6, 6.07) is 2.30. The third kappa shape index (κ3) is 0.899. The van der Waals surface area contributed by atoms with E-state index in [4.69, 9.17) is 5.26 Å². The second kappa shape index (κ2) is 2.60. The number of aliphatic hydroxyl groups is 1. The van der Waals surface area contributed by atoms with E-state index in [9.17, 15) is 5.11 Å². The van der Waals surface area contributed by atoms with Crippen LogP contribution in [0.4, 0.5) is 0 Å². The lowest BCUT2D eigenvalue weighted by Crippen LogP contribution is -2.40. The van der Waals surface area contributed by atoms with Crippen molar-refractivity contribution in [1.82, 2.24) is 0 Å². The van der Waals surface area contributed by atoms with Gasteiger partial charge < -0.3 is 5.11 Å². The number of nitrogens with zero attached hydrogens (tertiary/aromatic N) is 1. The van der Waals surface area contributed by atoms with Crippen molar-refractivity contribution in [3.8, 4) is 6.07 Å². The Morgan fingerprint density at radius 1 is 1.50 bits per heavy atom. The molecule has 1 fully saturated rings. The lowest BCUT2D eigenvalue weighted by molar-refractivity contribution is 0.0701. The molecule has 2 bridgehead atoms. The molecule has 0 radical (unpaired) electrons. The second-order valence-corrected chi connectivity index (χ2v) is 3.96. The van der Waals surface area contributed by atoms with E-state index in [-0.39, 0.29) is 6.61 Å². The van der Waals surface area contributed by atoms with Gasteiger partial charge in [0.25, 0.3) is 0 Å². The molecule has 0 saturated heterocycles. The standard InChI is InChI=1S/C10H13NO/c11-6-10(7-12)5-8-1-3-9(10)4-2-8/h1,3,8-9,12H,2,4-5,7H2/t8-,9+,10+/m0/s1. The van der Waals surface area contributed by atoms with E-state index < -0.39 is 5.41 Å². The molecule has 12 heavy (non-hydrogen) atoms. The van der Waals surface area contributed by atoms with Crippen LogP contribution in [0.2, 0.25) is 0 Å². The van der Waals surface area contributed by atoms with Gasteiger partial charge in [0.1, 0.15) is 0 Å². The number of rotatable bonds is 1. The van der Waals surface area contributed by atoms with Gasteiger partial charge in [-0.25, -0.2) is 0 Å². The molecule has 1 N–H and O–H groups in total. The van der Waals surface area contributed by atoms with Crippen LogP contribution in [0, 0.1) is 28.6 Å². The summed E-state index contributed by atoms with van der Waals surface area (Å²) in [6.07, 6.45) is 7.47. The molecule has 0 aromatic carbocycles. The van der Waals surface area contributed by atoms with Crippen LogP contribution in [0.1, 0.15) is 19.3 Å². The van der Waals surface area contributed by atoms with Crippen molar-refractivity contribution in [2.24, 2.45) is 17.3 Å². The molecule has 0 aromatic heterocycles. The molecule has 64 valence electrons. The maximum absolute atomic E-state index is 9.21. The molecule has 1 saturated carbocycles. The third-order valence-corrected chi connectivity index (χ3v) is 3.31. The predicted octanol–water partition coefficient (Wildman–Crippen LogP) is 1.47. The molecule has 0 aliphatic heterocycles. The molecule has 0 aromatic rings. The predicted molar refractivity (Wildman–Crippen MR) is 45.1 cm³/mol. The zero-order chi connectivity index (χ0) is 8.60. The first-order chi connectivity index (χ1) is 5.80. The van der Waals surface area contributed by atoms with Gasteiger partial charge in [-0.15, -0.1) is 0 Å². The van der Waals surface area contributed by atoms with E-state index in [1.54, 1.807) is 0 Å². The molecule has 3 aliphatic rings. The Morgan fingerprint density at radius 3 is 2.58 bits per heavy atom. The molecule has 2 nitrogen and oxygen atoms in total. The first-order valence-corrected chi connectivity index (χ1v) is 4.51. The normalized spacial score (nSPS) is 44.3. The number of nitriles is 1. The van der Waals surface area contributed by atoms with Gasteiger partial charge >= 0.3 is 0 Å². The molecular weight excluding hydrogens is 150 g/mol.